The quantitative estimate of drug-likeness (QED) is 0.726. The number of nitrogens with zero attached hydrogens (tertiary/aromatic N) is 2. The van der Waals surface area contributed by atoms with E-state index in [2.05, 4.69) is 39.6 Å². The van der Waals surface area contributed by atoms with Crippen molar-refractivity contribution < 1.29 is 4.39 Å². The van der Waals surface area contributed by atoms with Gasteiger partial charge in [-0.05, 0) is 49.4 Å². The van der Waals surface area contributed by atoms with Crippen molar-refractivity contribution in [2.24, 2.45) is 0 Å². The summed E-state index contributed by atoms with van der Waals surface area (Å²) in [6, 6.07) is 17.3. The second kappa shape index (κ2) is 6.63. The van der Waals surface area contributed by atoms with E-state index in [1.54, 1.807) is 12.1 Å². The van der Waals surface area contributed by atoms with E-state index >= 15 is 0 Å². The summed E-state index contributed by atoms with van der Waals surface area (Å²) in [5, 5.41) is 3.53. The standard InChI is InChI=1S/C21H20FN3/c1-14-23-20(17-10-4-5-11-18(17)22)13-21(24-14)25-19-12-6-8-15-7-2-3-9-16(15)19/h2-5,7,9-11,13,19H,6,8,12H2,1H3,(H,23,24,25)/t19-/m1/s1. The van der Waals surface area contributed by atoms with Crippen LogP contribution < -0.4 is 5.32 Å². The third-order valence-electron chi connectivity index (χ3n) is 4.68. The maximum Gasteiger partial charge on any atom is 0.132 e. The molecule has 0 fully saturated rings. The van der Waals surface area contributed by atoms with Crippen LogP contribution in [0, 0.1) is 12.7 Å². The van der Waals surface area contributed by atoms with E-state index in [0.717, 1.165) is 25.1 Å². The third-order valence-corrected chi connectivity index (χ3v) is 4.68. The lowest BCUT2D eigenvalue weighted by atomic mass is 9.88. The summed E-state index contributed by atoms with van der Waals surface area (Å²) in [6.07, 6.45) is 3.34. The van der Waals surface area contributed by atoms with Crippen LogP contribution in [0.5, 0.6) is 0 Å². The molecule has 1 aromatic heterocycles. The second-order valence-corrected chi connectivity index (χ2v) is 6.45. The molecule has 126 valence electrons. The molecule has 1 aliphatic rings. The molecule has 0 saturated carbocycles. The summed E-state index contributed by atoms with van der Waals surface area (Å²) in [4.78, 5) is 8.92. The first kappa shape index (κ1) is 15.8. The number of hydrogen-bond acceptors (Lipinski definition) is 3. The Labute approximate surface area is 147 Å². The molecule has 3 nitrogen and oxygen atoms in total. The van der Waals surface area contributed by atoms with E-state index in [1.807, 2.05) is 19.1 Å². The van der Waals surface area contributed by atoms with E-state index in [4.69, 9.17) is 0 Å². The van der Waals surface area contributed by atoms with Crippen LogP contribution in [0.3, 0.4) is 0 Å². The number of halogens is 1. The molecule has 1 heterocycles. The highest BCUT2D eigenvalue weighted by Gasteiger charge is 2.20. The van der Waals surface area contributed by atoms with Gasteiger partial charge in [0.1, 0.15) is 17.5 Å². The Morgan fingerprint density at radius 2 is 1.84 bits per heavy atom. The van der Waals surface area contributed by atoms with Gasteiger partial charge in [-0.1, -0.05) is 36.4 Å². The monoisotopic (exact) mass is 333 g/mol. The third kappa shape index (κ3) is 3.25. The zero-order chi connectivity index (χ0) is 17.2. The number of fused-ring (bicyclic) bond motifs is 1. The van der Waals surface area contributed by atoms with Crippen molar-refractivity contribution in [3.05, 3.63) is 77.4 Å². The van der Waals surface area contributed by atoms with Gasteiger partial charge in [-0.15, -0.1) is 0 Å². The van der Waals surface area contributed by atoms with Crippen LogP contribution in [0.15, 0.2) is 54.6 Å². The number of hydrogen-bond donors (Lipinski definition) is 1. The first-order valence-electron chi connectivity index (χ1n) is 8.65. The van der Waals surface area contributed by atoms with Crippen LogP contribution in [0.2, 0.25) is 0 Å². The van der Waals surface area contributed by atoms with Crippen molar-refractivity contribution in [3.63, 3.8) is 0 Å². The van der Waals surface area contributed by atoms with Gasteiger partial charge >= 0.3 is 0 Å². The van der Waals surface area contributed by atoms with Crippen molar-refractivity contribution in [2.75, 3.05) is 5.32 Å². The van der Waals surface area contributed by atoms with Crippen molar-refractivity contribution in [3.8, 4) is 11.3 Å². The van der Waals surface area contributed by atoms with Gasteiger partial charge in [0, 0.05) is 11.6 Å². The minimum atomic E-state index is -0.269. The Bertz CT molecular complexity index is 907. The fraction of sp³-hybridized carbons (Fsp3) is 0.238. The normalized spacial score (nSPS) is 16.3. The molecule has 0 spiro atoms. The van der Waals surface area contributed by atoms with Crippen LogP contribution in [0.1, 0.15) is 35.8 Å². The Kier molecular flexibility index (Phi) is 4.18. The van der Waals surface area contributed by atoms with E-state index < -0.39 is 0 Å². The SMILES string of the molecule is Cc1nc(N[C@@H]2CCCc3ccccc32)cc(-c2ccccc2F)n1. The van der Waals surface area contributed by atoms with Crippen molar-refractivity contribution >= 4 is 5.82 Å². The molecule has 1 N–H and O–H groups in total. The molecule has 0 amide bonds. The van der Waals surface area contributed by atoms with Gasteiger partial charge in [-0.25, -0.2) is 14.4 Å². The van der Waals surface area contributed by atoms with Crippen molar-refractivity contribution in [1.82, 2.24) is 9.97 Å². The molecule has 1 atom stereocenters. The maximum atomic E-state index is 14.1. The molecule has 3 aromatic rings. The van der Waals surface area contributed by atoms with Crippen LogP contribution >= 0.6 is 0 Å². The van der Waals surface area contributed by atoms with E-state index in [1.165, 1.54) is 17.2 Å². The minimum Gasteiger partial charge on any atom is -0.363 e. The number of anilines is 1. The first-order chi connectivity index (χ1) is 12.2. The van der Waals surface area contributed by atoms with Gasteiger partial charge in [0.05, 0.1) is 11.7 Å². The van der Waals surface area contributed by atoms with E-state index in [-0.39, 0.29) is 11.9 Å². The number of nitrogens with one attached hydrogen (secondary N) is 1. The van der Waals surface area contributed by atoms with Gasteiger partial charge < -0.3 is 5.32 Å². The van der Waals surface area contributed by atoms with Gasteiger partial charge in [0.25, 0.3) is 0 Å². The number of aryl methyl sites for hydroxylation is 2. The summed E-state index contributed by atoms with van der Waals surface area (Å²) in [6.45, 7) is 1.84. The molecule has 0 saturated heterocycles. The van der Waals surface area contributed by atoms with Gasteiger partial charge in [0.2, 0.25) is 0 Å². The maximum absolute atomic E-state index is 14.1. The lowest BCUT2D eigenvalue weighted by Gasteiger charge is -2.27. The summed E-state index contributed by atoms with van der Waals surface area (Å²) in [5.41, 5.74) is 3.83. The molecule has 4 heteroatoms. The number of rotatable bonds is 3. The number of benzene rings is 2. The molecule has 4 rings (SSSR count). The Balaban J connectivity index is 1.67. The Morgan fingerprint density at radius 3 is 2.72 bits per heavy atom. The molecule has 1 aliphatic carbocycles. The van der Waals surface area contributed by atoms with E-state index in [0.29, 0.717) is 17.1 Å². The minimum absolute atomic E-state index is 0.229. The van der Waals surface area contributed by atoms with Gasteiger partial charge in [-0.3, -0.25) is 0 Å². The summed E-state index contributed by atoms with van der Waals surface area (Å²) in [5.74, 6) is 1.11. The molecule has 0 radical (unpaired) electrons. The van der Waals surface area contributed by atoms with Crippen molar-refractivity contribution in [2.45, 2.75) is 32.2 Å². The molecule has 0 bridgehead atoms. The zero-order valence-corrected chi connectivity index (χ0v) is 14.2. The average molecular weight is 333 g/mol. The van der Waals surface area contributed by atoms with E-state index in [9.17, 15) is 4.39 Å². The molecular formula is C21H20FN3. The fourth-order valence-electron chi connectivity index (χ4n) is 3.53. The predicted octanol–water partition coefficient (Wildman–Crippen LogP) is 5.08. The molecule has 2 aromatic carbocycles. The topological polar surface area (TPSA) is 37.8 Å². The smallest absolute Gasteiger partial charge is 0.132 e. The predicted molar refractivity (Wildman–Crippen MR) is 97.9 cm³/mol. The lowest BCUT2D eigenvalue weighted by molar-refractivity contribution is 0.598. The van der Waals surface area contributed by atoms with Crippen LogP contribution in [0.25, 0.3) is 11.3 Å². The molecule has 0 aliphatic heterocycles. The molecular weight excluding hydrogens is 313 g/mol. The number of aromatic nitrogens is 2. The van der Waals surface area contributed by atoms with Gasteiger partial charge in [0.15, 0.2) is 0 Å². The summed E-state index contributed by atoms with van der Waals surface area (Å²) in [7, 11) is 0. The average Bonchev–Trinajstić information content (AvgIpc) is 2.62. The highest BCUT2D eigenvalue weighted by Crippen LogP contribution is 2.32. The van der Waals surface area contributed by atoms with Gasteiger partial charge in [-0.2, -0.15) is 0 Å². The Morgan fingerprint density at radius 1 is 1.04 bits per heavy atom. The second-order valence-electron chi connectivity index (χ2n) is 6.45. The summed E-state index contributed by atoms with van der Waals surface area (Å²) < 4.78 is 14.1. The molecule has 25 heavy (non-hydrogen) atoms. The van der Waals surface area contributed by atoms with Crippen LogP contribution in [0.4, 0.5) is 10.2 Å². The highest BCUT2D eigenvalue weighted by atomic mass is 19.1. The lowest BCUT2D eigenvalue weighted by Crippen LogP contribution is -2.18. The first-order valence-corrected chi connectivity index (χ1v) is 8.65. The van der Waals surface area contributed by atoms with Crippen molar-refractivity contribution in [1.29, 1.82) is 0 Å². The zero-order valence-electron chi connectivity index (χ0n) is 14.2. The van der Waals surface area contributed by atoms with Crippen LogP contribution in [-0.4, -0.2) is 9.97 Å². The Hall–Kier alpha value is -2.75. The fourth-order valence-corrected chi connectivity index (χ4v) is 3.53. The molecule has 0 unspecified atom stereocenters. The van der Waals surface area contributed by atoms with Crippen LogP contribution in [-0.2, 0) is 6.42 Å². The summed E-state index contributed by atoms with van der Waals surface area (Å²) >= 11 is 0. The highest BCUT2D eigenvalue weighted by molar-refractivity contribution is 5.63. The largest absolute Gasteiger partial charge is 0.363 e.